The van der Waals surface area contributed by atoms with E-state index in [2.05, 4.69) is 4.36 Å². The average molecular weight is 261 g/mol. The third-order valence-corrected chi connectivity index (χ3v) is 4.33. The van der Waals surface area contributed by atoms with Gasteiger partial charge in [-0.25, -0.2) is 4.21 Å². The first-order valence-electron chi connectivity index (χ1n) is 5.59. The van der Waals surface area contributed by atoms with Crippen LogP contribution in [0.3, 0.4) is 0 Å². The number of rotatable bonds is 3. The lowest BCUT2D eigenvalue weighted by atomic mass is 10.2. The van der Waals surface area contributed by atoms with Crippen molar-refractivity contribution >= 4 is 9.73 Å². The van der Waals surface area contributed by atoms with E-state index in [4.69, 9.17) is 0 Å². The molecule has 0 bridgehead atoms. The summed E-state index contributed by atoms with van der Waals surface area (Å²) in [4.78, 5) is 0.625. The van der Waals surface area contributed by atoms with E-state index < -0.39 is 16.0 Å². The zero-order valence-corrected chi connectivity index (χ0v) is 10.9. The molecule has 0 aliphatic rings. The molecule has 0 aliphatic carbocycles. The van der Waals surface area contributed by atoms with Crippen LogP contribution in [-0.2, 0) is 9.73 Å². The smallest absolute Gasteiger partial charge is 0.180 e. The van der Waals surface area contributed by atoms with Gasteiger partial charge in [0.05, 0.1) is 9.73 Å². The Hall–Kier alpha value is -1.65. The number of benzene rings is 2. The van der Waals surface area contributed by atoms with E-state index in [-0.39, 0.29) is 0 Å². The Morgan fingerprint density at radius 2 is 1.50 bits per heavy atom. The van der Waals surface area contributed by atoms with E-state index in [0.29, 0.717) is 10.5 Å². The van der Waals surface area contributed by atoms with E-state index >= 15 is 0 Å². The lowest BCUT2D eigenvalue weighted by Crippen LogP contribution is -2.02. The molecule has 0 radical (unpaired) electrons. The highest BCUT2D eigenvalue weighted by molar-refractivity contribution is 7.93. The van der Waals surface area contributed by atoms with Crippen molar-refractivity contribution in [3.63, 3.8) is 0 Å². The first kappa shape index (κ1) is 12.8. The van der Waals surface area contributed by atoms with Gasteiger partial charge in [-0.15, -0.1) is 0 Å². The molecule has 2 atom stereocenters. The third kappa shape index (κ3) is 2.97. The summed E-state index contributed by atoms with van der Waals surface area (Å²) in [6, 6.07) is 18.0. The van der Waals surface area contributed by atoms with Crippen LogP contribution < -0.4 is 0 Å². The zero-order valence-electron chi connectivity index (χ0n) is 10.1. The Kier molecular flexibility index (Phi) is 3.79. The molecule has 18 heavy (non-hydrogen) atoms. The Morgan fingerprint density at radius 1 is 1.00 bits per heavy atom. The molecule has 94 valence electrons. The minimum atomic E-state index is -2.58. The molecule has 1 N–H and O–H groups in total. The number of hydrogen-bond acceptors (Lipinski definition) is 3. The predicted octanol–water partition coefficient (Wildman–Crippen LogP) is 2.83. The summed E-state index contributed by atoms with van der Waals surface area (Å²) in [7, 11) is -2.58. The summed E-state index contributed by atoms with van der Waals surface area (Å²) in [6.07, 6.45) is 0.470. The third-order valence-electron chi connectivity index (χ3n) is 2.58. The molecular formula is C14H15NO2S. The number of hydrogen-bond donors (Lipinski definition) is 1. The van der Waals surface area contributed by atoms with Gasteiger partial charge >= 0.3 is 0 Å². The van der Waals surface area contributed by atoms with Crippen LogP contribution in [0.25, 0.3) is 0 Å². The van der Waals surface area contributed by atoms with E-state index in [0.717, 1.165) is 0 Å². The molecule has 0 aliphatic heterocycles. The highest BCUT2D eigenvalue weighted by Crippen LogP contribution is 2.19. The molecule has 0 saturated carbocycles. The van der Waals surface area contributed by atoms with Gasteiger partial charge in [-0.2, -0.15) is 4.36 Å². The van der Waals surface area contributed by atoms with Crippen LogP contribution in [0.1, 0.15) is 11.8 Å². The molecule has 3 nitrogen and oxygen atoms in total. The van der Waals surface area contributed by atoms with Crippen molar-refractivity contribution in [3.05, 3.63) is 66.2 Å². The lowest BCUT2D eigenvalue weighted by Gasteiger charge is -2.09. The topological polar surface area (TPSA) is 49.7 Å². The van der Waals surface area contributed by atoms with E-state index in [1.165, 1.54) is 6.26 Å². The Bertz CT molecular complexity index is 617. The van der Waals surface area contributed by atoms with Crippen molar-refractivity contribution in [3.8, 4) is 0 Å². The summed E-state index contributed by atoms with van der Waals surface area (Å²) in [6.45, 7) is 0. The van der Waals surface area contributed by atoms with Crippen molar-refractivity contribution < 1.29 is 9.32 Å². The highest BCUT2D eigenvalue weighted by atomic mass is 32.2. The Morgan fingerprint density at radius 3 is 2.06 bits per heavy atom. The maximum Gasteiger partial charge on any atom is 0.180 e. The van der Waals surface area contributed by atoms with Crippen molar-refractivity contribution in [2.45, 2.75) is 11.1 Å². The van der Waals surface area contributed by atoms with Gasteiger partial charge in [-0.3, -0.25) is 0 Å². The molecule has 2 rings (SSSR count). The summed E-state index contributed by atoms with van der Waals surface area (Å²) in [5.74, 6) is 0. The van der Waals surface area contributed by atoms with Gasteiger partial charge in [0.1, 0.15) is 0 Å². The van der Waals surface area contributed by atoms with Crippen molar-refractivity contribution in [1.82, 2.24) is 0 Å². The van der Waals surface area contributed by atoms with Crippen LogP contribution in [0.2, 0.25) is 0 Å². The van der Waals surface area contributed by atoms with Crippen LogP contribution in [0.15, 0.2) is 69.9 Å². The molecule has 2 aromatic rings. The van der Waals surface area contributed by atoms with Crippen LogP contribution in [0, 0.1) is 0 Å². The van der Waals surface area contributed by atoms with Crippen LogP contribution in [0.4, 0.5) is 0 Å². The van der Waals surface area contributed by atoms with Gasteiger partial charge in [0, 0.05) is 16.7 Å². The molecular weight excluding hydrogens is 246 g/mol. The molecule has 0 saturated heterocycles. The second-order valence-corrected chi connectivity index (χ2v) is 6.29. The molecule has 2 unspecified atom stereocenters. The monoisotopic (exact) mass is 261 g/mol. The molecule has 0 spiro atoms. The maximum absolute atomic E-state index is 12.4. The minimum absolute atomic E-state index is 0.625. The fourth-order valence-corrected chi connectivity index (χ4v) is 2.90. The van der Waals surface area contributed by atoms with E-state index in [1.54, 1.807) is 24.3 Å². The highest BCUT2D eigenvalue weighted by Gasteiger charge is 2.10. The summed E-state index contributed by atoms with van der Waals surface area (Å²) >= 11 is 0. The average Bonchev–Trinajstić information content (AvgIpc) is 2.40. The predicted molar refractivity (Wildman–Crippen MR) is 72.6 cm³/mol. The Balaban J connectivity index is 2.36. The van der Waals surface area contributed by atoms with Gasteiger partial charge in [0.25, 0.3) is 0 Å². The van der Waals surface area contributed by atoms with Gasteiger partial charge in [-0.1, -0.05) is 48.5 Å². The maximum atomic E-state index is 12.4. The number of aliphatic hydroxyl groups excluding tert-OH is 1. The van der Waals surface area contributed by atoms with Crippen molar-refractivity contribution in [2.24, 2.45) is 4.36 Å². The van der Waals surface area contributed by atoms with Crippen molar-refractivity contribution in [1.29, 1.82) is 0 Å². The normalized spacial score (nSPS) is 15.7. The Labute approximate surface area is 107 Å². The molecule has 0 aromatic heterocycles. The van der Waals surface area contributed by atoms with Crippen molar-refractivity contribution in [2.75, 3.05) is 6.26 Å². The van der Waals surface area contributed by atoms with E-state index in [1.807, 2.05) is 36.4 Å². The second-order valence-electron chi connectivity index (χ2n) is 4.01. The summed E-state index contributed by atoms with van der Waals surface area (Å²) < 4.78 is 16.5. The molecule has 0 amide bonds. The molecule has 2 aromatic carbocycles. The quantitative estimate of drug-likeness (QED) is 0.923. The first-order chi connectivity index (χ1) is 8.59. The van der Waals surface area contributed by atoms with Gasteiger partial charge in [0.15, 0.2) is 6.23 Å². The minimum Gasteiger partial charge on any atom is -0.367 e. The molecule has 0 heterocycles. The van der Waals surface area contributed by atoms with Crippen LogP contribution >= 0.6 is 0 Å². The van der Waals surface area contributed by atoms with E-state index in [9.17, 15) is 9.32 Å². The zero-order chi connectivity index (χ0) is 13.0. The number of nitrogens with zero attached hydrogens (tertiary/aromatic N) is 1. The lowest BCUT2D eigenvalue weighted by molar-refractivity contribution is 0.190. The first-order valence-corrected chi connectivity index (χ1v) is 7.51. The SMILES string of the molecule is CS(=O)(=NC(O)c1ccccc1)c1ccccc1. The summed E-state index contributed by atoms with van der Waals surface area (Å²) in [5.41, 5.74) is 0.642. The van der Waals surface area contributed by atoms with Gasteiger partial charge in [-0.05, 0) is 12.1 Å². The fourth-order valence-electron chi connectivity index (χ4n) is 1.61. The van der Waals surface area contributed by atoms with Crippen LogP contribution in [0.5, 0.6) is 0 Å². The number of aliphatic hydroxyl groups is 1. The second kappa shape index (κ2) is 5.33. The molecule has 4 heteroatoms. The standard InChI is InChI=1S/C14H15NO2S/c1-18(17,13-10-6-3-7-11-13)15-14(16)12-8-4-2-5-9-12/h2-11,14,16H,1H3. The summed E-state index contributed by atoms with van der Waals surface area (Å²) in [5, 5.41) is 9.97. The van der Waals surface area contributed by atoms with Gasteiger partial charge < -0.3 is 5.11 Å². The molecule has 0 fully saturated rings. The van der Waals surface area contributed by atoms with Gasteiger partial charge in [0.2, 0.25) is 0 Å². The largest absolute Gasteiger partial charge is 0.367 e. The fraction of sp³-hybridized carbons (Fsp3) is 0.143. The van der Waals surface area contributed by atoms with Crippen LogP contribution in [-0.4, -0.2) is 15.6 Å².